The van der Waals surface area contributed by atoms with Gasteiger partial charge in [-0.25, -0.2) is 14.7 Å². The van der Waals surface area contributed by atoms with Gasteiger partial charge >= 0.3 is 12.1 Å². The second kappa shape index (κ2) is 12.9. The number of halogens is 3. The number of imide groups is 1. The van der Waals surface area contributed by atoms with Crippen molar-refractivity contribution in [3.63, 3.8) is 0 Å². The first-order valence-electron chi connectivity index (χ1n) is 13.0. The van der Waals surface area contributed by atoms with Gasteiger partial charge in [0.05, 0.1) is 45.3 Å². The number of anilines is 1. The number of aromatic nitrogens is 1. The van der Waals surface area contributed by atoms with Crippen LogP contribution in [0.2, 0.25) is 0 Å². The Kier molecular flexibility index (Phi) is 9.03. The van der Waals surface area contributed by atoms with Crippen LogP contribution in [0.25, 0.3) is 10.6 Å². The predicted octanol–water partition coefficient (Wildman–Crippen LogP) is 6.17. The Bertz CT molecular complexity index is 1840. The number of methoxy groups -OCH3 is 1. The summed E-state index contributed by atoms with van der Waals surface area (Å²) in [6.07, 6.45) is -5.21. The van der Waals surface area contributed by atoms with E-state index in [9.17, 15) is 37.6 Å². The minimum Gasteiger partial charge on any atom is -0.497 e. The molecular weight excluding hydrogens is 631 g/mol. The molecule has 1 saturated heterocycles. The highest BCUT2D eigenvalue weighted by molar-refractivity contribution is 8.00. The molecule has 0 bridgehead atoms. The molecule has 3 heterocycles. The van der Waals surface area contributed by atoms with Gasteiger partial charge in [0.15, 0.2) is 12.4 Å². The van der Waals surface area contributed by atoms with Gasteiger partial charge < -0.3 is 9.47 Å². The fourth-order valence-electron chi connectivity index (χ4n) is 4.43. The number of hydrogen-bond acceptors (Lipinski definition) is 10. The monoisotopic (exact) mass is 651 g/mol. The molecule has 14 heteroatoms. The summed E-state index contributed by atoms with van der Waals surface area (Å²) in [6.45, 7) is -0.530. The Hall–Kier alpha value is -5.00. The van der Waals surface area contributed by atoms with Crippen LogP contribution in [0, 0.1) is 11.3 Å². The van der Waals surface area contributed by atoms with Gasteiger partial charge in [0.25, 0.3) is 0 Å². The predicted molar refractivity (Wildman–Crippen MR) is 158 cm³/mol. The van der Waals surface area contributed by atoms with Crippen LogP contribution in [0.3, 0.4) is 0 Å². The van der Waals surface area contributed by atoms with Crippen molar-refractivity contribution in [1.29, 1.82) is 5.26 Å². The Morgan fingerprint density at radius 3 is 2.49 bits per heavy atom. The molecule has 0 aliphatic carbocycles. The number of esters is 1. The first kappa shape index (κ1) is 31.4. The molecule has 9 nitrogen and oxygen atoms in total. The number of rotatable bonds is 9. The maximum absolute atomic E-state index is 13.9. The second-order valence-electron chi connectivity index (χ2n) is 9.48. The maximum Gasteiger partial charge on any atom is 0.417 e. The Morgan fingerprint density at radius 2 is 1.84 bits per heavy atom. The zero-order chi connectivity index (χ0) is 32.3. The van der Waals surface area contributed by atoms with Crippen molar-refractivity contribution in [2.45, 2.75) is 22.9 Å². The van der Waals surface area contributed by atoms with E-state index in [4.69, 9.17) is 9.47 Å². The molecule has 4 aromatic rings. The first-order valence-corrected chi connectivity index (χ1v) is 14.8. The van der Waals surface area contributed by atoms with E-state index in [1.165, 1.54) is 37.4 Å². The molecule has 1 atom stereocenters. The Balaban J connectivity index is 1.30. The van der Waals surface area contributed by atoms with E-state index in [1.807, 2.05) is 0 Å². The van der Waals surface area contributed by atoms with Crippen molar-refractivity contribution < 1.29 is 41.8 Å². The Morgan fingerprint density at radius 1 is 1.09 bits per heavy atom. The van der Waals surface area contributed by atoms with Gasteiger partial charge in [-0.2, -0.15) is 18.4 Å². The largest absolute Gasteiger partial charge is 0.497 e. The number of hydrogen-bond donors (Lipinski definition) is 0. The van der Waals surface area contributed by atoms with Crippen LogP contribution in [-0.4, -0.2) is 47.5 Å². The molecule has 2 aromatic carbocycles. The topological polar surface area (TPSA) is 127 Å². The number of ketones is 1. The highest BCUT2D eigenvalue weighted by Crippen LogP contribution is 2.41. The molecule has 1 aliphatic heterocycles. The summed E-state index contributed by atoms with van der Waals surface area (Å²) < 4.78 is 51.9. The van der Waals surface area contributed by atoms with Gasteiger partial charge in [0, 0.05) is 12.0 Å². The van der Waals surface area contributed by atoms with Crippen molar-refractivity contribution in [2.75, 3.05) is 18.6 Å². The summed E-state index contributed by atoms with van der Waals surface area (Å²) in [7, 11) is 1.45. The van der Waals surface area contributed by atoms with Gasteiger partial charge in [0.2, 0.25) is 11.8 Å². The third-order valence-electron chi connectivity index (χ3n) is 6.62. The third kappa shape index (κ3) is 6.74. The molecule has 0 spiro atoms. The van der Waals surface area contributed by atoms with E-state index >= 15 is 0 Å². The summed E-state index contributed by atoms with van der Waals surface area (Å²) >= 11 is 1.78. The molecule has 2 aromatic heterocycles. The lowest BCUT2D eigenvalue weighted by atomic mass is 10.1. The highest BCUT2D eigenvalue weighted by atomic mass is 32.2. The van der Waals surface area contributed by atoms with Crippen LogP contribution in [0.15, 0.2) is 77.1 Å². The van der Waals surface area contributed by atoms with Crippen LogP contribution in [0.1, 0.15) is 38.3 Å². The zero-order valence-electron chi connectivity index (χ0n) is 23.2. The number of carbonyl (C=O) groups excluding carboxylic acids is 4. The van der Waals surface area contributed by atoms with E-state index in [1.54, 1.807) is 41.8 Å². The van der Waals surface area contributed by atoms with E-state index in [-0.39, 0.29) is 28.4 Å². The molecule has 2 amide bonds. The van der Waals surface area contributed by atoms with Crippen LogP contribution in [0.5, 0.6) is 5.75 Å². The standard InChI is InChI=1S/C31H20F3N3O6S2/c1-42-20-5-2-4-18(12-20)24(38)16-43-30(41)17-7-9-19(10-8-17)37-27(39)14-26(29(37)40)45-28-21(15-35)22(31(32,33)34)13-23(36-28)25-6-3-11-44-25/h2-13,26H,14,16H2,1H3. The zero-order valence-corrected chi connectivity index (χ0v) is 24.8. The minimum absolute atomic E-state index is 0.0138. The third-order valence-corrected chi connectivity index (χ3v) is 8.69. The van der Waals surface area contributed by atoms with E-state index < -0.39 is 52.7 Å². The summed E-state index contributed by atoms with van der Waals surface area (Å²) in [4.78, 5) is 56.7. The van der Waals surface area contributed by atoms with E-state index in [0.717, 1.165) is 22.3 Å². The molecule has 0 radical (unpaired) electrons. The Labute approximate surface area is 262 Å². The fraction of sp³-hybridized carbons (Fsp3) is 0.161. The van der Waals surface area contributed by atoms with Crippen molar-refractivity contribution in [3.05, 3.63) is 94.4 Å². The van der Waals surface area contributed by atoms with Crippen LogP contribution in [0.4, 0.5) is 18.9 Å². The highest BCUT2D eigenvalue weighted by Gasteiger charge is 2.42. The van der Waals surface area contributed by atoms with Gasteiger partial charge in [-0.15, -0.1) is 11.3 Å². The molecular formula is C31H20F3N3O6S2. The lowest BCUT2D eigenvalue weighted by Crippen LogP contribution is -2.31. The van der Waals surface area contributed by atoms with Crippen LogP contribution < -0.4 is 9.64 Å². The quantitative estimate of drug-likeness (QED) is 0.119. The molecule has 228 valence electrons. The number of amides is 2. The second-order valence-corrected chi connectivity index (χ2v) is 11.6. The molecule has 5 rings (SSSR count). The number of thiophene rings is 1. The molecule has 45 heavy (non-hydrogen) atoms. The number of thioether (sulfide) groups is 1. The molecule has 1 aliphatic rings. The summed E-state index contributed by atoms with van der Waals surface area (Å²) in [5.41, 5.74) is -1.48. The number of pyridine rings is 1. The number of carbonyl (C=O) groups is 4. The average Bonchev–Trinajstić information content (AvgIpc) is 3.67. The van der Waals surface area contributed by atoms with Gasteiger partial charge in [0.1, 0.15) is 16.8 Å². The smallest absolute Gasteiger partial charge is 0.417 e. The SMILES string of the molecule is COc1cccc(C(=O)COC(=O)c2ccc(N3C(=O)CC(Sc4nc(-c5cccs5)cc(C(F)(F)F)c4C#N)C3=O)cc2)c1. The maximum atomic E-state index is 13.9. The van der Waals surface area contributed by atoms with Crippen molar-refractivity contribution in [3.8, 4) is 22.4 Å². The molecule has 1 unspecified atom stereocenters. The van der Waals surface area contributed by atoms with Gasteiger partial charge in [-0.3, -0.25) is 14.4 Å². The van der Waals surface area contributed by atoms with E-state index in [2.05, 4.69) is 4.98 Å². The molecule has 1 fully saturated rings. The summed E-state index contributed by atoms with van der Waals surface area (Å²) in [6, 6.07) is 17.2. The molecule has 0 N–H and O–H groups in total. The van der Waals surface area contributed by atoms with Crippen molar-refractivity contribution in [1.82, 2.24) is 4.98 Å². The van der Waals surface area contributed by atoms with Crippen LogP contribution >= 0.6 is 23.1 Å². The number of nitrogens with zero attached hydrogens (tertiary/aromatic N) is 3. The molecule has 0 saturated carbocycles. The van der Waals surface area contributed by atoms with Crippen molar-refractivity contribution >= 4 is 52.4 Å². The number of benzene rings is 2. The number of ether oxygens (including phenoxy) is 2. The summed E-state index contributed by atoms with van der Waals surface area (Å²) in [5, 5.41) is 9.80. The minimum atomic E-state index is -4.86. The lowest BCUT2D eigenvalue weighted by molar-refractivity contribution is -0.138. The van der Waals surface area contributed by atoms with Gasteiger partial charge in [-0.1, -0.05) is 30.0 Å². The first-order chi connectivity index (χ1) is 21.5. The summed E-state index contributed by atoms with van der Waals surface area (Å²) in [5.74, 6) is -2.14. The number of Topliss-reactive ketones (excluding diaryl/α,β-unsaturated/α-hetero) is 1. The van der Waals surface area contributed by atoms with E-state index in [0.29, 0.717) is 28.0 Å². The van der Waals surface area contributed by atoms with Crippen molar-refractivity contribution in [2.24, 2.45) is 0 Å². The van der Waals surface area contributed by atoms with Crippen LogP contribution in [-0.2, 0) is 20.5 Å². The number of nitriles is 1. The lowest BCUT2D eigenvalue weighted by Gasteiger charge is -2.17. The normalized spacial score (nSPS) is 14.7. The fourth-order valence-corrected chi connectivity index (χ4v) is 6.24. The average molecular weight is 652 g/mol. The van der Waals surface area contributed by atoms with Gasteiger partial charge in [-0.05, 0) is 53.9 Å². The number of alkyl halides is 3.